The van der Waals surface area contributed by atoms with Crippen molar-refractivity contribution in [2.45, 2.75) is 33.6 Å². The minimum Gasteiger partial charge on any atom is -0.449 e. The van der Waals surface area contributed by atoms with Gasteiger partial charge in [-0.25, -0.2) is 9.18 Å². The number of rotatable bonds is 6. The molecule has 1 aromatic carbocycles. The third-order valence-corrected chi connectivity index (χ3v) is 4.87. The normalized spacial score (nSPS) is 14.3. The van der Waals surface area contributed by atoms with Gasteiger partial charge >= 0.3 is 6.09 Å². The number of ether oxygens (including phenoxy) is 1. The fraction of sp³-hybridized carbons (Fsp3) is 0.524. The molecule has 0 radical (unpaired) electrons. The van der Waals surface area contributed by atoms with Crippen molar-refractivity contribution in [2.75, 3.05) is 32.8 Å². The first-order valence-corrected chi connectivity index (χ1v) is 10.1. The first-order chi connectivity index (χ1) is 14.3. The molecule has 0 bridgehead atoms. The molecule has 0 unspecified atom stereocenters. The minimum atomic E-state index is -0.329. The predicted molar refractivity (Wildman–Crippen MR) is 107 cm³/mol. The van der Waals surface area contributed by atoms with E-state index in [1.807, 2.05) is 13.8 Å². The van der Waals surface area contributed by atoms with Gasteiger partial charge in [-0.05, 0) is 36.6 Å². The summed E-state index contributed by atoms with van der Waals surface area (Å²) in [6, 6.07) is 4.61. The lowest BCUT2D eigenvalue weighted by Gasteiger charge is -2.34. The van der Waals surface area contributed by atoms with Gasteiger partial charge in [0.2, 0.25) is 17.6 Å². The number of aryl methyl sites for hydroxylation is 2. The molecule has 0 spiro atoms. The van der Waals surface area contributed by atoms with Gasteiger partial charge in [0.15, 0.2) is 0 Å². The third kappa shape index (κ3) is 5.55. The number of halogens is 1. The topological polar surface area (TPSA) is 88.8 Å². The number of carbonyl (C=O) groups excluding carboxylic acids is 2. The Hall–Kier alpha value is -2.97. The van der Waals surface area contributed by atoms with Crippen LogP contribution in [0.5, 0.6) is 0 Å². The van der Waals surface area contributed by atoms with E-state index in [4.69, 9.17) is 9.26 Å². The van der Waals surface area contributed by atoms with E-state index in [2.05, 4.69) is 10.1 Å². The van der Waals surface area contributed by atoms with Crippen molar-refractivity contribution in [1.29, 1.82) is 0 Å². The predicted octanol–water partition coefficient (Wildman–Crippen LogP) is 3.05. The van der Waals surface area contributed by atoms with Gasteiger partial charge in [-0.1, -0.05) is 19.0 Å². The average molecular weight is 418 g/mol. The molecule has 9 heteroatoms. The monoisotopic (exact) mass is 418 g/mol. The highest BCUT2D eigenvalue weighted by Gasteiger charge is 2.25. The summed E-state index contributed by atoms with van der Waals surface area (Å²) in [5.41, 5.74) is 1.16. The van der Waals surface area contributed by atoms with Gasteiger partial charge in [0.25, 0.3) is 0 Å². The molecule has 0 aliphatic carbocycles. The number of nitrogens with zero attached hydrogens (tertiary/aromatic N) is 4. The van der Waals surface area contributed by atoms with Gasteiger partial charge in [0, 0.05) is 44.6 Å². The van der Waals surface area contributed by atoms with Crippen LogP contribution in [0.3, 0.4) is 0 Å². The number of carbonyl (C=O) groups is 2. The summed E-state index contributed by atoms with van der Waals surface area (Å²) in [5.74, 6) is 0.698. The maximum Gasteiger partial charge on any atom is 0.409 e. The number of piperazine rings is 1. The minimum absolute atomic E-state index is 0.0254. The van der Waals surface area contributed by atoms with Crippen molar-refractivity contribution in [2.24, 2.45) is 5.92 Å². The number of benzene rings is 1. The molecule has 1 aliphatic rings. The zero-order valence-corrected chi connectivity index (χ0v) is 17.6. The van der Waals surface area contributed by atoms with E-state index in [9.17, 15) is 14.0 Å². The van der Waals surface area contributed by atoms with Crippen molar-refractivity contribution in [3.63, 3.8) is 0 Å². The quantitative estimate of drug-likeness (QED) is 0.716. The number of amides is 2. The van der Waals surface area contributed by atoms with Gasteiger partial charge in [0.1, 0.15) is 5.82 Å². The Morgan fingerprint density at radius 3 is 2.57 bits per heavy atom. The lowest BCUT2D eigenvalue weighted by Crippen LogP contribution is -2.50. The molecule has 3 rings (SSSR count). The molecule has 1 aliphatic heterocycles. The van der Waals surface area contributed by atoms with Crippen LogP contribution in [0.1, 0.15) is 31.7 Å². The summed E-state index contributed by atoms with van der Waals surface area (Å²) >= 11 is 0. The van der Waals surface area contributed by atoms with E-state index >= 15 is 0 Å². The summed E-state index contributed by atoms with van der Waals surface area (Å²) in [4.78, 5) is 32.1. The molecular weight excluding hydrogens is 391 g/mol. The first kappa shape index (κ1) is 21.7. The number of aromatic nitrogens is 2. The third-order valence-electron chi connectivity index (χ3n) is 4.87. The SMILES string of the molecule is Cc1cc(-c2noc(CCC(=O)N3CCN(C(=O)OCC(C)C)CC3)n2)ccc1F. The second-order valence-electron chi connectivity index (χ2n) is 7.81. The van der Waals surface area contributed by atoms with Gasteiger partial charge in [-0.3, -0.25) is 4.79 Å². The van der Waals surface area contributed by atoms with Crippen molar-refractivity contribution in [3.05, 3.63) is 35.5 Å². The molecule has 30 heavy (non-hydrogen) atoms. The van der Waals surface area contributed by atoms with Crippen LogP contribution in [0, 0.1) is 18.7 Å². The highest BCUT2D eigenvalue weighted by molar-refractivity contribution is 5.77. The largest absolute Gasteiger partial charge is 0.449 e. The van der Waals surface area contributed by atoms with Crippen molar-refractivity contribution >= 4 is 12.0 Å². The van der Waals surface area contributed by atoms with E-state index in [1.54, 1.807) is 28.9 Å². The van der Waals surface area contributed by atoms with Crippen LogP contribution in [0.2, 0.25) is 0 Å². The Bertz CT molecular complexity index is 891. The van der Waals surface area contributed by atoms with Crippen LogP contribution in [-0.4, -0.2) is 64.7 Å². The molecule has 1 fully saturated rings. The fourth-order valence-corrected chi connectivity index (χ4v) is 3.10. The molecule has 0 atom stereocenters. The number of hydrogen-bond donors (Lipinski definition) is 0. The molecule has 8 nitrogen and oxygen atoms in total. The maximum atomic E-state index is 13.4. The van der Waals surface area contributed by atoms with Gasteiger partial charge < -0.3 is 19.1 Å². The lowest BCUT2D eigenvalue weighted by molar-refractivity contribution is -0.132. The van der Waals surface area contributed by atoms with Gasteiger partial charge in [-0.2, -0.15) is 4.98 Å². The zero-order chi connectivity index (χ0) is 21.7. The average Bonchev–Trinajstić information content (AvgIpc) is 3.21. The highest BCUT2D eigenvalue weighted by atomic mass is 19.1. The standard InChI is InChI=1S/C21H27FN4O4/c1-14(2)13-29-21(28)26-10-8-25(9-11-26)19(27)7-6-18-23-20(24-30-18)16-4-5-17(22)15(3)12-16/h4-5,12,14H,6-11,13H2,1-3H3. The second-order valence-corrected chi connectivity index (χ2v) is 7.81. The van der Waals surface area contributed by atoms with Crippen LogP contribution < -0.4 is 0 Å². The van der Waals surface area contributed by atoms with Crippen molar-refractivity contribution in [3.8, 4) is 11.4 Å². The fourth-order valence-electron chi connectivity index (χ4n) is 3.10. The molecule has 1 aromatic heterocycles. The molecule has 2 aromatic rings. The summed E-state index contributed by atoms with van der Waals surface area (Å²) in [6.07, 6.45) is 0.232. The zero-order valence-electron chi connectivity index (χ0n) is 17.6. The Morgan fingerprint density at radius 2 is 1.90 bits per heavy atom. The Morgan fingerprint density at radius 1 is 1.20 bits per heavy atom. The molecule has 0 saturated carbocycles. The summed E-state index contributed by atoms with van der Waals surface area (Å²) in [5, 5.41) is 3.92. The summed E-state index contributed by atoms with van der Waals surface area (Å²) in [6.45, 7) is 7.88. The van der Waals surface area contributed by atoms with Gasteiger partial charge in [0.05, 0.1) is 6.61 Å². The molecule has 162 valence electrons. The molecular formula is C21H27FN4O4. The van der Waals surface area contributed by atoms with Crippen LogP contribution in [-0.2, 0) is 16.0 Å². The second kappa shape index (κ2) is 9.69. The molecule has 2 heterocycles. The number of hydrogen-bond acceptors (Lipinski definition) is 6. The summed E-state index contributed by atoms with van der Waals surface area (Å²) in [7, 11) is 0. The van der Waals surface area contributed by atoms with Crippen LogP contribution in [0.4, 0.5) is 9.18 Å². The van der Waals surface area contributed by atoms with Crippen molar-refractivity contribution in [1.82, 2.24) is 19.9 Å². The molecule has 2 amide bonds. The maximum absolute atomic E-state index is 13.4. The van der Waals surface area contributed by atoms with E-state index < -0.39 is 0 Å². The van der Waals surface area contributed by atoms with E-state index in [-0.39, 0.29) is 30.2 Å². The highest BCUT2D eigenvalue weighted by Crippen LogP contribution is 2.19. The molecule has 1 saturated heterocycles. The smallest absolute Gasteiger partial charge is 0.409 e. The van der Waals surface area contributed by atoms with Crippen molar-refractivity contribution < 1.29 is 23.2 Å². The summed E-state index contributed by atoms with van der Waals surface area (Å²) < 4.78 is 23.9. The lowest BCUT2D eigenvalue weighted by atomic mass is 10.1. The Labute approximate surface area is 175 Å². The Balaban J connectivity index is 1.46. The van der Waals surface area contributed by atoms with E-state index in [1.165, 1.54) is 6.07 Å². The van der Waals surface area contributed by atoms with Gasteiger partial charge in [-0.15, -0.1) is 0 Å². The van der Waals surface area contributed by atoms with E-state index in [0.717, 1.165) is 0 Å². The Kier molecular flexibility index (Phi) is 7.02. The first-order valence-electron chi connectivity index (χ1n) is 10.1. The van der Waals surface area contributed by atoms with E-state index in [0.29, 0.717) is 62.0 Å². The van der Waals surface area contributed by atoms with Crippen LogP contribution >= 0.6 is 0 Å². The molecule has 0 N–H and O–H groups in total. The van der Waals surface area contributed by atoms with Crippen LogP contribution in [0.25, 0.3) is 11.4 Å². The van der Waals surface area contributed by atoms with Crippen LogP contribution in [0.15, 0.2) is 22.7 Å².